The fourth-order valence-corrected chi connectivity index (χ4v) is 3.99. The minimum absolute atomic E-state index is 0.0422. The van der Waals surface area contributed by atoms with Crippen LogP contribution in [0.3, 0.4) is 0 Å². The highest BCUT2D eigenvalue weighted by Crippen LogP contribution is 2.31. The van der Waals surface area contributed by atoms with E-state index < -0.39 is 0 Å². The molecule has 6 heteroatoms. The summed E-state index contributed by atoms with van der Waals surface area (Å²) < 4.78 is 0. The monoisotopic (exact) mass is 354 g/mol. The lowest BCUT2D eigenvalue weighted by molar-refractivity contribution is -0.138. The van der Waals surface area contributed by atoms with Crippen molar-refractivity contribution in [1.82, 2.24) is 9.80 Å². The van der Waals surface area contributed by atoms with E-state index in [1.54, 1.807) is 19.0 Å². The number of carbonyl (C=O) groups is 2. The van der Waals surface area contributed by atoms with Crippen LogP contribution < -0.4 is 0 Å². The van der Waals surface area contributed by atoms with Crippen LogP contribution in [0.2, 0.25) is 5.02 Å². The number of amides is 2. The molecule has 2 amide bonds. The van der Waals surface area contributed by atoms with Crippen molar-refractivity contribution in [3.63, 3.8) is 0 Å². The van der Waals surface area contributed by atoms with Gasteiger partial charge in [-0.05, 0) is 31.9 Å². The van der Waals surface area contributed by atoms with Crippen molar-refractivity contribution in [2.45, 2.75) is 29.9 Å². The van der Waals surface area contributed by atoms with Crippen LogP contribution in [-0.2, 0) is 9.59 Å². The Morgan fingerprint density at radius 1 is 1.26 bits per heavy atom. The molecule has 1 fully saturated rings. The van der Waals surface area contributed by atoms with Gasteiger partial charge in [-0.25, -0.2) is 0 Å². The molecule has 0 aliphatic carbocycles. The molecule has 0 spiro atoms. The van der Waals surface area contributed by atoms with Crippen molar-refractivity contribution in [3.05, 3.63) is 29.3 Å². The molecule has 1 aliphatic rings. The molecule has 1 unspecified atom stereocenters. The first kappa shape index (κ1) is 18.1. The van der Waals surface area contributed by atoms with E-state index in [0.717, 1.165) is 17.7 Å². The second-order valence-electron chi connectivity index (χ2n) is 6.02. The summed E-state index contributed by atoms with van der Waals surface area (Å²) in [5.41, 5.74) is 0. The maximum Gasteiger partial charge on any atom is 0.235 e. The Hall–Kier alpha value is -1.20. The SMILES string of the molecule is CC(Sc1ccccc1Cl)C(=O)N1CCC(C(=O)N(C)C)CC1. The maximum atomic E-state index is 12.6. The van der Waals surface area contributed by atoms with Gasteiger partial charge in [0.2, 0.25) is 11.8 Å². The van der Waals surface area contributed by atoms with E-state index in [4.69, 9.17) is 11.6 Å². The van der Waals surface area contributed by atoms with Gasteiger partial charge in [-0.15, -0.1) is 11.8 Å². The summed E-state index contributed by atoms with van der Waals surface area (Å²) in [5.74, 6) is 0.321. The summed E-state index contributed by atoms with van der Waals surface area (Å²) in [6.45, 7) is 3.21. The van der Waals surface area contributed by atoms with Crippen LogP contribution in [0.5, 0.6) is 0 Å². The molecule has 0 aromatic heterocycles. The number of piperidine rings is 1. The highest BCUT2D eigenvalue weighted by atomic mass is 35.5. The largest absolute Gasteiger partial charge is 0.349 e. The van der Waals surface area contributed by atoms with Gasteiger partial charge in [0, 0.05) is 38.0 Å². The van der Waals surface area contributed by atoms with Gasteiger partial charge in [0.25, 0.3) is 0 Å². The number of halogens is 1. The number of likely N-dealkylation sites (tertiary alicyclic amines) is 1. The Balaban J connectivity index is 1.89. The zero-order chi connectivity index (χ0) is 17.0. The van der Waals surface area contributed by atoms with Crippen molar-refractivity contribution in [1.29, 1.82) is 0 Å². The molecule has 0 radical (unpaired) electrons. The minimum atomic E-state index is -0.184. The van der Waals surface area contributed by atoms with Crippen LogP contribution in [0, 0.1) is 5.92 Å². The zero-order valence-electron chi connectivity index (χ0n) is 13.8. The topological polar surface area (TPSA) is 40.6 Å². The molecule has 23 heavy (non-hydrogen) atoms. The average molecular weight is 355 g/mol. The Morgan fingerprint density at radius 3 is 2.43 bits per heavy atom. The Labute approximate surface area is 147 Å². The summed E-state index contributed by atoms with van der Waals surface area (Å²) >= 11 is 7.64. The molecule has 1 heterocycles. The standard InChI is InChI=1S/C17H23ClN2O2S/c1-12(23-15-7-5-4-6-14(15)18)16(21)20-10-8-13(9-11-20)17(22)19(2)3/h4-7,12-13H,8-11H2,1-3H3. The van der Waals surface area contributed by atoms with Crippen LogP contribution in [0.1, 0.15) is 19.8 Å². The molecule has 1 aromatic rings. The van der Waals surface area contributed by atoms with E-state index in [0.29, 0.717) is 18.1 Å². The van der Waals surface area contributed by atoms with E-state index in [-0.39, 0.29) is 23.0 Å². The fourth-order valence-electron chi connectivity index (χ4n) is 2.75. The van der Waals surface area contributed by atoms with Gasteiger partial charge < -0.3 is 9.80 Å². The lowest BCUT2D eigenvalue weighted by Crippen LogP contribution is -2.45. The van der Waals surface area contributed by atoms with Gasteiger partial charge in [0.1, 0.15) is 0 Å². The number of nitrogens with zero attached hydrogens (tertiary/aromatic N) is 2. The molecule has 1 aromatic carbocycles. The third kappa shape index (κ3) is 4.64. The first-order valence-electron chi connectivity index (χ1n) is 7.81. The zero-order valence-corrected chi connectivity index (χ0v) is 15.4. The van der Waals surface area contributed by atoms with Gasteiger partial charge in [-0.1, -0.05) is 23.7 Å². The van der Waals surface area contributed by atoms with Gasteiger partial charge in [-0.3, -0.25) is 9.59 Å². The lowest BCUT2D eigenvalue weighted by Gasteiger charge is -2.33. The highest BCUT2D eigenvalue weighted by Gasteiger charge is 2.30. The molecule has 126 valence electrons. The summed E-state index contributed by atoms with van der Waals surface area (Å²) in [6.07, 6.45) is 1.48. The number of rotatable bonds is 4. The van der Waals surface area contributed by atoms with Gasteiger partial charge in [0.05, 0.1) is 10.3 Å². The maximum absolute atomic E-state index is 12.6. The number of thioether (sulfide) groups is 1. The van der Waals surface area contributed by atoms with Crippen molar-refractivity contribution in [2.24, 2.45) is 5.92 Å². The van der Waals surface area contributed by atoms with Crippen molar-refractivity contribution in [3.8, 4) is 0 Å². The molecule has 0 saturated carbocycles. The van der Waals surface area contributed by atoms with Crippen LogP contribution in [0.4, 0.5) is 0 Å². The van der Waals surface area contributed by atoms with E-state index >= 15 is 0 Å². The molecular formula is C17H23ClN2O2S. The molecule has 4 nitrogen and oxygen atoms in total. The predicted octanol–water partition coefficient (Wildman–Crippen LogP) is 3.15. The first-order chi connectivity index (χ1) is 10.9. The number of hydrogen-bond donors (Lipinski definition) is 0. The second-order valence-corrected chi connectivity index (χ2v) is 7.81. The molecule has 0 bridgehead atoms. The van der Waals surface area contributed by atoms with Crippen LogP contribution in [0.15, 0.2) is 29.2 Å². The first-order valence-corrected chi connectivity index (χ1v) is 9.07. The van der Waals surface area contributed by atoms with Gasteiger partial charge in [0.15, 0.2) is 0 Å². The lowest BCUT2D eigenvalue weighted by atomic mass is 9.95. The van der Waals surface area contributed by atoms with E-state index in [1.807, 2.05) is 36.1 Å². The minimum Gasteiger partial charge on any atom is -0.349 e. The summed E-state index contributed by atoms with van der Waals surface area (Å²) in [5, 5.41) is 0.489. The molecule has 1 atom stereocenters. The number of hydrogen-bond acceptors (Lipinski definition) is 3. The predicted molar refractivity (Wildman–Crippen MR) is 94.8 cm³/mol. The van der Waals surface area contributed by atoms with E-state index in [1.165, 1.54) is 11.8 Å². The molecule has 0 N–H and O–H groups in total. The number of carbonyl (C=O) groups excluding carboxylic acids is 2. The normalized spacial score (nSPS) is 17.0. The van der Waals surface area contributed by atoms with Crippen LogP contribution in [-0.4, -0.2) is 54.0 Å². The molecular weight excluding hydrogens is 332 g/mol. The van der Waals surface area contributed by atoms with Gasteiger partial charge in [-0.2, -0.15) is 0 Å². The third-order valence-corrected chi connectivity index (χ3v) is 5.69. The smallest absolute Gasteiger partial charge is 0.235 e. The highest BCUT2D eigenvalue weighted by molar-refractivity contribution is 8.00. The average Bonchev–Trinajstić information content (AvgIpc) is 2.55. The quantitative estimate of drug-likeness (QED) is 0.780. The fraction of sp³-hybridized carbons (Fsp3) is 0.529. The Kier molecular flexibility index (Phi) is 6.36. The third-order valence-electron chi connectivity index (χ3n) is 4.08. The molecule has 1 saturated heterocycles. The second kappa shape index (κ2) is 8.06. The summed E-state index contributed by atoms with van der Waals surface area (Å²) in [7, 11) is 3.56. The summed E-state index contributed by atoms with van der Waals surface area (Å²) in [4.78, 5) is 29.0. The summed E-state index contributed by atoms with van der Waals surface area (Å²) in [6, 6.07) is 7.56. The van der Waals surface area contributed by atoms with Crippen molar-refractivity contribution < 1.29 is 9.59 Å². The van der Waals surface area contributed by atoms with E-state index in [2.05, 4.69) is 0 Å². The van der Waals surface area contributed by atoms with E-state index in [9.17, 15) is 9.59 Å². The molecule has 1 aliphatic heterocycles. The van der Waals surface area contributed by atoms with Crippen molar-refractivity contribution in [2.75, 3.05) is 27.2 Å². The molecule has 2 rings (SSSR count). The van der Waals surface area contributed by atoms with Crippen LogP contribution >= 0.6 is 23.4 Å². The van der Waals surface area contributed by atoms with Crippen molar-refractivity contribution >= 4 is 35.2 Å². The number of benzene rings is 1. The van der Waals surface area contributed by atoms with Crippen LogP contribution in [0.25, 0.3) is 0 Å². The Morgan fingerprint density at radius 2 is 1.87 bits per heavy atom. The van der Waals surface area contributed by atoms with Gasteiger partial charge >= 0.3 is 0 Å². The Bertz CT molecular complexity index is 571.